The zero-order valence-corrected chi connectivity index (χ0v) is 18.7. The number of nitrogens with zero attached hydrogens (tertiary/aromatic N) is 2. The molecular weight excluding hydrogens is 434 g/mol. The molecule has 162 valence electrons. The molecule has 1 aromatic heterocycles. The van der Waals surface area contributed by atoms with Gasteiger partial charge in [0.25, 0.3) is 5.22 Å². The van der Waals surface area contributed by atoms with Crippen LogP contribution in [0.2, 0.25) is 0 Å². The fourth-order valence-corrected chi connectivity index (χ4v) is 6.25. The largest absolute Gasteiger partial charge is 0.416 e. The van der Waals surface area contributed by atoms with Crippen LogP contribution in [0.4, 0.5) is 5.69 Å². The molecule has 0 aliphatic carbocycles. The van der Waals surface area contributed by atoms with E-state index in [1.807, 2.05) is 61.5 Å². The first-order chi connectivity index (χ1) is 14.9. The first-order valence-electron chi connectivity index (χ1n) is 10.00. The SMILES string of the molecule is Cc1ccc(NC(=O)[C@@H](Sc2nnc(C[C@H]3CCS(=O)(=O)C3)o2)c2ccccc2)cc1. The van der Waals surface area contributed by atoms with E-state index in [-0.39, 0.29) is 28.6 Å². The highest BCUT2D eigenvalue weighted by Crippen LogP contribution is 2.36. The van der Waals surface area contributed by atoms with Crippen molar-refractivity contribution in [3.8, 4) is 0 Å². The van der Waals surface area contributed by atoms with Gasteiger partial charge in [0.1, 0.15) is 5.25 Å². The van der Waals surface area contributed by atoms with Crippen molar-refractivity contribution in [1.29, 1.82) is 0 Å². The van der Waals surface area contributed by atoms with Crippen LogP contribution in [0.5, 0.6) is 0 Å². The second kappa shape index (κ2) is 9.23. The van der Waals surface area contributed by atoms with Crippen LogP contribution in [0, 0.1) is 12.8 Å². The van der Waals surface area contributed by atoms with Crippen molar-refractivity contribution >= 4 is 33.2 Å². The maximum atomic E-state index is 13.1. The van der Waals surface area contributed by atoms with Gasteiger partial charge in [0.15, 0.2) is 9.84 Å². The molecule has 4 rings (SSSR count). The molecule has 1 amide bonds. The number of sulfone groups is 1. The van der Waals surface area contributed by atoms with Gasteiger partial charge in [0.05, 0.1) is 11.5 Å². The average molecular weight is 458 g/mol. The highest BCUT2D eigenvalue weighted by molar-refractivity contribution is 8.00. The second-order valence-corrected chi connectivity index (χ2v) is 11.0. The minimum Gasteiger partial charge on any atom is -0.416 e. The summed E-state index contributed by atoms with van der Waals surface area (Å²) in [5.74, 6) is 0.571. The van der Waals surface area contributed by atoms with Crippen molar-refractivity contribution < 1.29 is 17.6 Å². The van der Waals surface area contributed by atoms with Gasteiger partial charge in [-0.1, -0.05) is 48.0 Å². The normalized spacial score (nSPS) is 18.5. The molecule has 1 aliphatic rings. The zero-order valence-electron chi connectivity index (χ0n) is 17.0. The van der Waals surface area contributed by atoms with E-state index in [1.165, 1.54) is 11.8 Å². The van der Waals surface area contributed by atoms with Gasteiger partial charge in [0, 0.05) is 12.1 Å². The van der Waals surface area contributed by atoms with Crippen molar-refractivity contribution in [3.05, 3.63) is 71.6 Å². The summed E-state index contributed by atoms with van der Waals surface area (Å²) in [5.41, 5.74) is 2.64. The van der Waals surface area contributed by atoms with E-state index in [0.717, 1.165) is 11.1 Å². The van der Waals surface area contributed by atoms with E-state index in [1.54, 1.807) is 0 Å². The monoisotopic (exact) mass is 457 g/mol. The van der Waals surface area contributed by atoms with Crippen molar-refractivity contribution in [2.24, 2.45) is 5.92 Å². The molecule has 0 radical (unpaired) electrons. The molecule has 0 unspecified atom stereocenters. The number of hydrogen-bond acceptors (Lipinski definition) is 7. The van der Waals surface area contributed by atoms with Gasteiger partial charge in [-0.3, -0.25) is 4.79 Å². The maximum absolute atomic E-state index is 13.1. The van der Waals surface area contributed by atoms with Crippen LogP contribution >= 0.6 is 11.8 Å². The van der Waals surface area contributed by atoms with Gasteiger partial charge in [-0.05, 0) is 48.7 Å². The molecule has 3 aromatic rings. The predicted octanol–water partition coefficient (Wildman–Crippen LogP) is 3.83. The fraction of sp³-hybridized carbons (Fsp3) is 0.318. The summed E-state index contributed by atoms with van der Waals surface area (Å²) in [7, 11) is -2.96. The number of benzene rings is 2. The van der Waals surface area contributed by atoms with Crippen LogP contribution in [0.15, 0.2) is 64.2 Å². The summed E-state index contributed by atoms with van der Waals surface area (Å²) in [6.45, 7) is 1.99. The molecule has 2 aromatic carbocycles. The van der Waals surface area contributed by atoms with Crippen LogP contribution < -0.4 is 5.32 Å². The molecule has 2 heterocycles. The van der Waals surface area contributed by atoms with Crippen LogP contribution in [-0.2, 0) is 21.1 Å². The molecular formula is C22H23N3O4S2. The molecule has 9 heteroatoms. The third-order valence-corrected chi connectivity index (χ3v) is 8.04. The van der Waals surface area contributed by atoms with Gasteiger partial charge in [-0.15, -0.1) is 10.2 Å². The summed E-state index contributed by atoms with van der Waals surface area (Å²) >= 11 is 1.18. The van der Waals surface area contributed by atoms with Crippen LogP contribution in [-0.4, -0.2) is 36.0 Å². The molecule has 0 bridgehead atoms. The van der Waals surface area contributed by atoms with Gasteiger partial charge >= 0.3 is 0 Å². The van der Waals surface area contributed by atoms with E-state index in [0.29, 0.717) is 24.4 Å². The Morgan fingerprint density at radius 1 is 1.16 bits per heavy atom. The standard InChI is InChI=1S/C22H23N3O4S2/c1-15-7-9-18(10-8-15)23-21(26)20(17-5-3-2-4-6-17)30-22-25-24-19(29-22)13-16-11-12-31(27,28)14-16/h2-10,16,20H,11-14H2,1H3,(H,23,26)/t16-,20+/m1/s1. The number of thioether (sulfide) groups is 1. The number of amides is 1. The highest BCUT2D eigenvalue weighted by Gasteiger charge is 2.30. The molecule has 1 aliphatic heterocycles. The van der Waals surface area contributed by atoms with Crippen molar-refractivity contribution in [3.63, 3.8) is 0 Å². The van der Waals surface area contributed by atoms with Gasteiger partial charge < -0.3 is 9.73 Å². The number of aromatic nitrogens is 2. The lowest BCUT2D eigenvalue weighted by molar-refractivity contribution is -0.115. The van der Waals surface area contributed by atoms with Crippen molar-refractivity contribution in [2.45, 2.75) is 30.2 Å². The number of aryl methyl sites for hydroxylation is 1. The number of rotatable bonds is 7. The van der Waals surface area contributed by atoms with Crippen LogP contribution in [0.3, 0.4) is 0 Å². The Kier molecular flexibility index (Phi) is 6.43. The number of hydrogen-bond donors (Lipinski definition) is 1. The van der Waals surface area contributed by atoms with Crippen LogP contribution in [0.25, 0.3) is 0 Å². The topological polar surface area (TPSA) is 102 Å². The zero-order chi connectivity index (χ0) is 21.8. The average Bonchev–Trinajstić information content (AvgIpc) is 3.34. The fourth-order valence-electron chi connectivity index (χ4n) is 3.49. The first-order valence-corrected chi connectivity index (χ1v) is 12.7. The maximum Gasteiger partial charge on any atom is 0.277 e. The molecule has 1 saturated heterocycles. The summed E-state index contributed by atoms with van der Waals surface area (Å²) < 4.78 is 29.1. The lowest BCUT2D eigenvalue weighted by Crippen LogP contribution is -2.19. The summed E-state index contributed by atoms with van der Waals surface area (Å²) in [5, 5.41) is 10.8. The lowest BCUT2D eigenvalue weighted by Gasteiger charge is -2.15. The summed E-state index contributed by atoms with van der Waals surface area (Å²) in [6, 6.07) is 17.0. The van der Waals surface area contributed by atoms with E-state index in [2.05, 4.69) is 15.5 Å². The van der Waals surface area contributed by atoms with E-state index in [4.69, 9.17) is 4.42 Å². The van der Waals surface area contributed by atoms with Crippen LogP contribution in [0.1, 0.15) is 28.7 Å². The summed E-state index contributed by atoms with van der Waals surface area (Å²) in [6.07, 6.45) is 1.04. The van der Waals surface area contributed by atoms with E-state index < -0.39 is 15.1 Å². The Hall–Kier alpha value is -2.65. The lowest BCUT2D eigenvalue weighted by atomic mass is 10.1. The van der Waals surface area contributed by atoms with Gasteiger partial charge in [-0.2, -0.15) is 0 Å². The molecule has 1 N–H and O–H groups in total. The molecule has 0 saturated carbocycles. The Balaban J connectivity index is 1.48. The number of carbonyl (C=O) groups excluding carboxylic acids is 1. The Labute approximate surface area is 185 Å². The molecule has 0 spiro atoms. The second-order valence-electron chi connectivity index (χ2n) is 7.70. The van der Waals surface area contributed by atoms with Gasteiger partial charge in [0.2, 0.25) is 11.8 Å². The first kappa shape index (κ1) is 21.6. The minimum atomic E-state index is -2.96. The van der Waals surface area contributed by atoms with Crippen molar-refractivity contribution in [1.82, 2.24) is 10.2 Å². The molecule has 2 atom stereocenters. The minimum absolute atomic E-state index is 0.00180. The highest BCUT2D eigenvalue weighted by atomic mass is 32.2. The third kappa shape index (κ3) is 5.74. The number of carbonyl (C=O) groups is 1. The Morgan fingerprint density at radius 3 is 2.58 bits per heavy atom. The quantitative estimate of drug-likeness (QED) is 0.538. The molecule has 31 heavy (non-hydrogen) atoms. The number of anilines is 1. The van der Waals surface area contributed by atoms with Crippen molar-refractivity contribution in [2.75, 3.05) is 16.8 Å². The molecule has 1 fully saturated rings. The molecule has 7 nitrogen and oxygen atoms in total. The number of nitrogens with one attached hydrogen (secondary N) is 1. The summed E-state index contributed by atoms with van der Waals surface area (Å²) in [4.78, 5) is 13.1. The van der Waals surface area contributed by atoms with E-state index >= 15 is 0 Å². The third-order valence-electron chi connectivity index (χ3n) is 5.12. The Morgan fingerprint density at radius 2 is 1.90 bits per heavy atom. The Bertz CT molecular complexity index is 1150. The smallest absolute Gasteiger partial charge is 0.277 e. The predicted molar refractivity (Wildman–Crippen MR) is 120 cm³/mol. The van der Waals surface area contributed by atoms with E-state index in [9.17, 15) is 13.2 Å². The van der Waals surface area contributed by atoms with Gasteiger partial charge in [-0.25, -0.2) is 8.42 Å².